The van der Waals surface area contributed by atoms with Crippen LogP contribution in [-0.4, -0.2) is 34.1 Å². The zero-order chi connectivity index (χ0) is 22.0. The predicted molar refractivity (Wildman–Crippen MR) is 118 cm³/mol. The second-order valence-electron chi connectivity index (χ2n) is 7.35. The van der Waals surface area contributed by atoms with Crippen LogP contribution in [0.1, 0.15) is 41.6 Å². The molecule has 1 aromatic carbocycles. The van der Waals surface area contributed by atoms with Crippen LogP contribution < -0.4 is 10.5 Å². The van der Waals surface area contributed by atoms with Crippen molar-refractivity contribution in [2.24, 2.45) is 0 Å². The molecule has 0 aliphatic heterocycles. The van der Waals surface area contributed by atoms with Crippen LogP contribution in [0.15, 0.2) is 35.4 Å². The molecule has 0 saturated heterocycles. The number of hydrogen-bond donors (Lipinski definition) is 0. The van der Waals surface area contributed by atoms with Gasteiger partial charge >= 0.3 is 5.97 Å². The molecule has 0 unspecified atom stereocenters. The van der Waals surface area contributed by atoms with E-state index in [-0.39, 0.29) is 24.1 Å². The van der Waals surface area contributed by atoms with Crippen molar-refractivity contribution >= 4 is 39.1 Å². The summed E-state index contributed by atoms with van der Waals surface area (Å²) < 4.78 is 6.55. The van der Waals surface area contributed by atoms with E-state index in [0.717, 1.165) is 22.6 Å². The number of fused-ring (bicyclic) bond motifs is 1. The van der Waals surface area contributed by atoms with Crippen LogP contribution in [0.3, 0.4) is 0 Å². The largest absolute Gasteiger partial charge is 0.459 e. The van der Waals surface area contributed by atoms with E-state index in [4.69, 9.17) is 4.74 Å². The van der Waals surface area contributed by atoms with Gasteiger partial charge in [0.15, 0.2) is 0 Å². The molecule has 3 rings (SSSR count). The summed E-state index contributed by atoms with van der Waals surface area (Å²) in [6, 6.07) is 7.66. The van der Waals surface area contributed by atoms with Gasteiger partial charge in [-0.2, -0.15) is 0 Å². The summed E-state index contributed by atoms with van der Waals surface area (Å²) >= 11 is 1.13. The van der Waals surface area contributed by atoms with E-state index in [1.165, 1.54) is 10.9 Å². The van der Waals surface area contributed by atoms with Gasteiger partial charge in [0.2, 0.25) is 5.91 Å². The summed E-state index contributed by atoms with van der Waals surface area (Å²) in [5.74, 6) is -0.678. The van der Waals surface area contributed by atoms with E-state index in [0.29, 0.717) is 27.2 Å². The second-order valence-corrected chi connectivity index (χ2v) is 8.34. The van der Waals surface area contributed by atoms with Crippen LogP contribution in [0.25, 0.3) is 10.2 Å². The summed E-state index contributed by atoms with van der Waals surface area (Å²) in [7, 11) is 0. The molecular weight excluding hydrogens is 402 g/mol. The van der Waals surface area contributed by atoms with Crippen LogP contribution >= 0.6 is 11.3 Å². The first-order valence-electron chi connectivity index (χ1n) is 9.79. The van der Waals surface area contributed by atoms with Gasteiger partial charge in [-0.1, -0.05) is 12.1 Å². The number of hydrogen-bond acceptors (Lipinski definition) is 6. The number of aryl methyl sites for hydroxylation is 2. The van der Waals surface area contributed by atoms with Crippen LogP contribution in [0, 0.1) is 13.8 Å². The number of carbonyl (C=O) groups is 2. The molecule has 0 bridgehead atoms. The highest BCUT2D eigenvalue weighted by molar-refractivity contribution is 7.20. The van der Waals surface area contributed by atoms with E-state index in [2.05, 4.69) is 4.98 Å². The summed E-state index contributed by atoms with van der Waals surface area (Å²) in [5.41, 5.74) is 2.03. The lowest BCUT2D eigenvalue weighted by Crippen LogP contribution is -2.36. The van der Waals surface area contributed by atoms with Gasteiger partial charge in [-0.3, -0.25) is 14.2 Å². The van der Waals surface area contributed by atoms with E-state index in [1.807, 2.05) is 38.1 Å². The summed E-state index contributed by atoms with van der Waals surface area (Å²) in [5, 5.41) is 0.351. The average molecular weight is 428 g/mol. The zero-order valence-corrected chi connectivity index (χ0v) is 18.6. The van der Waals surface area contributed by atoms with Crippen molar-refractivity contribution in [3.8, 4) is 0 Å². The standard InChI is InChI=1S/C22H25N3O4S/c1-6-25(16-9-7-8-14(4)10-16)17(26)11-24-12-23-20-18(21(24)27)15(5)19(30-20)22(28)29-13(2)3/h7-10,12-13H,6,11H2,1-5H3. The second kappa shape index (κ2) is 8.79. The van der Waals surface area contributed by atoms with Gasteiger partial charge < -0.3 is 9.64 Å². The normalized spacial score (nSPS) is 11.1. The fraction of sp³-hybridized carbons (Fsp3) is 0.364. The Morgan fingerprint density at radius 1 is 1.27 bits per heavy atom. The average Bonchev–Trinajstić information content (AvgIpc) is 3.01. The molecule has 2 heterocycles. The van der Waals surface area contributed by atoms with Crippen molar-refractivity contribution in [2.75, 3.05) is 11.4 Å². The van der Waals surface area contributed by atoms with E-state index >= 15 is 0 Å². The molecule has 0 atom stereocenters. The minimum atomic E-state index is -0.468. The molecule has 2 aromatic heterocycles. The van der Waals surface area contributed by atoms with Crippen LogP contribution in [0.5, 0.6) is 0 Å². The molecule has 158 valence electrons. The van der Waals surface area contributed by atoms with Crippen molar-refractivity contribution in [3.63, 3.8) is 0 Å². The minimum absolute atomic E-state index is 0.134. The minimum Gasteiger partial charge on any atom is -0.459 e. The number of aromatic nitrogens is 2. The van der Waals surface area contributed by atoms with Crippen molar-refractivity contribution in [1.29, 1.82) is 0 Å². The molecule has 0 radical (unpaired) electrons. The first kappa shape index (κ1) is 21.7. The number of amides is 1. The van der Waals surface area contributed by atoms with E-state index in [1.54, 1.807) is 25.7 Å². The fourth-order valence-corrected chi connectivity index (χ4v) is 4.29. The lowest BCUT2D eigenvalue weighted by Gasteiger charge is -2.22. The van der Waals surface area contributed by atoms with Crippen LogP contribution in [0.2, 0.25) is 0 Å². The number of carbonyl (C=O) groups excluding carboxylic acids is 2. The molecule has 0 aliphatic rings. The smallest absolute Gasteiger partial charge is 0.348 e. The SMILES string of the molecule is CCN(C(=O)Cn1cnc2sc(C(=O)OC(C)C)c(C)c2c1=O)c1cccc(C)c1. The highest BCUT2D eigenvalue weighted by Crippen LogP contribution is 2.27. The van der Waals surface area contributed by atoms with Crippen molar-refractivity contribution in [3.05, 3.63) is 57.0 Å². The number of esters is 1. The highest BCUT2D eigenvalue weighted by atomic mass is 32.1. The van der Waals surface area contributed by atoms with E-state index < -0.39 is 5.97 Å². The predicted octanol–water partition coefficient (Wildman–Crippen LogP) is 3.69. The Kier molecular flexibility index (Phi) is 6.36. The van der Waals surface area contributed by atoms with Gasteiger partial charge in [-0.05, 0) is 57.9 Å². The van der Waals surface area contributed by atoms with E-state index in [9.17, 15) is 14.4 Å². The summed E-state index contributed by atoms with van der Waals surface area (Å²) in [4.78, 5) is 45.1. The quantitative estimate of drug-likeness (QED) is 0.561. The maximum Gasteiger partial charge on any atom is 0.348 e. The zero-order valence-electron chi connectivity index (χ0n) is 17.8. The van der Waals surface area contributed by atoms with Crippen molar-refractivity contribution in [1.82, 2.24) is 9.55 Å². The Balaban J connectivity index is 1.94. The number of ether oxygens (including phenoxy) is 1. The molecular formula is C22H25N3O4S. The van der Waals surface area contributed by atoms with Gasteiger partial charge in [0, 0.05) is 12.2 Å². The van der Waals surface area contributed by atoms with Crippen molar-refractivity contribution < 1.29 is 14.3 Å². The number of rotatable bonds is 6. The van der Waals surface area contributed by atoms with Crippen LogP contribution in [-0.2, 0) is 16.1 Å². The van der Waals surface area contributed by atoms with Gasteiger partial charge in [0.05, 0.1) is 17.8 Å². The fourth-order valence-electron chi connectivity index (χ4n) is 3.26. The topological polar surface area (TPSA) is 81.5 Å². The third kappa shape index (κ3) is 4.28. The third-order valence-corrected chi connectivity index (χ3v) is 5.86. The first-order chi connectivity index (χ1) is 14.2. The molecule has 1 amide bonds. The summed E-state index contributed by atoms with van der Waals surface area (Å²) in [6.45, 7) is 9.44. The van der Waals surface area contributed by atoms with Gasteiger partial charge in [-0.15, -0.1) is 11.3 Å². The lowest BCUT2D eigenvalue weighted by atomic mass is 10.2. The number of nitrogens with zero attached hydrogens (tertiary/aromatic N) is 3. The maximum atomic E-state index is 13.1. The third-order valence-electron chi connectivity index (χ3n) is 4.68. The van der Waals surface area contributed by atoms with Gasteiger partial charge in [0.1, 0.15) is 16.3 Å². The van der Waals surface area contributed by atoms with Crippen molar-refractivity contribution in [2.45, 2.75) is 47.3 Å². The number of benzene rings is 1. The molecule has 3 aromatic rings. The maximum absolute atomic E-state index is 13.1. The molecule has 0 N–H and O–H groups in total. The lowest BCUT2D eigenvalue weighted by molar-refractivity contribution is -0.119. The molecule has 0 aliphatic carbocycles. The Hall–Kier alpha value is -3.00. The molecule has 0 fully saturated rings. The van der Waals surface area contributed by atoms with Gasteiger partial charge in [-0.25, -0.2) is 9.78 Å². The Labute approximate surface area is 178 Å². The molecule has 8 heteroatoms. The highest BCUT2D eigenvalue weighted by Gasteiger charge is 2.22. The Morgan fingerprint density at radius 3 is 2.63 bits per heavy atom. The Bertz CT molecular complexity index is 1160. The number of thiophene rings is 1. The number of likely N-dealkylation sites (N-methyl/N-ethyl adjacent to an activating group) is 1. The molecule has 7 nitrogen and oxygen atoms in total. The number of anilines is 1. The molecule has 30 heavy (non-hydrogen) atoms. The Morgan fingerprint density at radius 2 is 2.00 bits per heavy atom. The van der Waals surface area contributed by atoms with Gasteiger partial charge in [0.25, 0.3) is 5.56 Å². The molecule has 0 spiro atoms. The summed E-state index contributed by atoms with van der Waals surface area (Å²) in [6.07, 6.45) is 1.10. The first-order valence-corrected chi connectivity index (χ1v) is 10.6. The van der Waals surface area contributed by atoms with Crippen LogP contribution in [0.4, 0.5) is 5.69 Å². The monoisotopic (exact) mass is 427 g/mol. The molecule has 0 saturated carbocycles.